The molecule has 0 amide bonds. The number of Topliss-reactive ketones (excluding diaryl/α,β-unsaturated/α-hetero) is 1. The number of carbonyl (C=O) groups is 1. The van der Waals surface area contributed by atoms with Gasteiger partial charge in [0.05, 0.1) is 0 Å². The maximum Gasteiger partial charge on any atom is 0.134 e. The van der Waals surface area contributed by atoms with E-state index in [0.29, 0.717) is 18.6 Å². The maximum atomic E-state index is 11.5. The Bertz CT molecular complexity index is 594. The summed E-state index contributed by atoms with van der Waals surface area (Å²) in [7, 11) is 0. The van der Waals surface area contributed by atoms with Crippen LogP contribution in [0.4, 0.5) is 0 Å². The topological polar surface area (TPSA) is 30.2 Å². The number of hydrogen-bond acceptors (Lipinski definition) is 2. The highest BCUT2D eigenvalue weighted by molar-refractivity contribution is 5.84. The third kappa shape index (κ3) is 1.68. The lowest BCUT2D eigenvalue weighted by Crippen LogP contribution is -2.16. The molecule has 0 radical (unpaired) electrons. The van der Waals surface area contributed by atoms with E-state index in [9.17, 15) is 4.79 Å². The third-order valence-electron chi connectivity index (χ3n) is 3.81. The number of aryl methyl sites for hydroxylation is 1. The molecule has 17 heavy (non-hydrogen) atoms. The minimum Gasteiger partial charge on any atom is -0.460 e. The molecule has 0 bridgehead atoms. The lowest BCUT2D eigenvalue weighted by atomic mass is 9.86. The van der Waals surface area contributed by atoms with Crippen LogP contribution in [0.5, 0.6) is 0 Å². The Morgan fingerprint density at radius 1 is 1.29 bits per heavy atom. The van der Waals surface area contributed by atoms with Crippen molar-refractivity contribution in [2.24, 2.45) is 0 Å². The molecule has 0 aliphatic heterocycles. The number of benzene rings is 1. The summed E-state index contributed by atoms with van der Waals surface area (Å²) in [5, 5.41) is 1.14. The van der Waals surface area contributed by atoms with Crippen molar-refractivity contribution < 1.29 is 9.21 Å². The summed E-state index contributed by atoms with van der Waals surface area (Å²) in [6.07, 6.45) is 2.21. The molecule has 0 N–H and O–H groups in total. The van der Waals surface area contributed by atoms with E-state index in [1.54, 1.807) is 0 Å². The Kier molecular flexibility index (Phi) is 2.15. The van der Waals surface area contributed by atoms with Crippen molar-refractivity contribution in [3.63, 3.8) is 0 Å². The molecule has 2 heteroatoms. The quantitative estimate of drug-likeness (QED) is 0.744. The van der Waals surface area contributed by atoms with E-state index in [0.717, 1.165) is 23.2 Å². The van der Waals surface area contributed by atoms with E-state index in [2.05, 4.69) is 32.0 Å². The Morgan fingerprint density at radius 2 is 2.12 bits per heavy atom. The van der Waals surface area contributed by atoms with Crippen LogP contribution in [0.25, 0.3) is 11.0 Å². The van der Waals surface area contributed by atoms with Crippen LogP contribution in [0.15, 0.2) is 28.7 Å². The van der Waals surface area contributed by atoms with E-state index in [1.165, 1.54) is 5.56 Å². The van der Waals surface area contributed by atoms with Gasteiger partial charge < -0.3 is 4.42 Å². The molecule has 1 aliphatic rings. The second-order valence-corrected chi connectivity index (χ2v) is 5.43. The fourth-order valence-corrected chi connectivity index (χ4v) is 2.70. The van der Waals surface area contributed by atoms with Crippen molar-refractivity contribution in [3.8, 4) is 0 Å². The van der Waals surface area contributed by atoms with Crippen LogP contribution < -0.4 is 0 Å². The molecule has 3 rings (SSSR count). The van der Waals surface area contributed by atoms with E-state index in [1.807, 2.05) is 6.07 Å². The monoisotopic (exact) mass is 228 g/mol. The Morgan fingerprint density at radius 3 is 2.82 bits per heavy atom. The standard InChI is InChI=1S/C15H16O2/c1-10-3-4-13-11(7-10)8-14(17-13)15(2)6-5-12(16)9-15/h3-4,7-8H,5-6,9H2,1-2H3. The first kappa shape index (κ1) is 10.6. The highest BCUT2D eigenvalue weighted by Crippen LogP contribution is 2.41. The first-order chi connectivity index (χ1) is 8.07. The normalized spacial score (nSPS) is 24.7. The van der Waals surface area contributed by atoms with E-state index < -0.39 is 0 Å². The predicted molar refractivity (Wildman–Crippen MR) is 67.2 cm³/mol. The van der Waals surface area contributed by atoms with Crippen molar-refractivity contribution in [1.82, 2.24) is 0 Å². The molecule has 1 aromatic carbocycles. The Hall–Kier alpha value is -1.57. The van der Waals surface area contributed by atoms with Crippen LogP contribution in [0.2, 0.25) is 0 Å². The molecule has 1 fully saturated rings. The molecule has 0 spiro atoms. The number of ketones is 1. The summed E-state index contributed by atoms with van der Waals surface area (Å²) in [5.41, 5.74) is 2.06. The summed E-state index contributed by atoms with van der Waals surface area (Å²) in [5.74, 6) is 1.31. The predicted octanol–water partition coefficient (Wildman–Crippen LogP) is 3.75. The van der Waals surface area contributed by atoms with Crippen molar-refractivity contribution in [3.05, 3.63) is 35.6 Å². The van der Waals surface area contributed by atoms with Crippen molar-refractivity contribution >= 4 is 16.8 Å². The third-order valence-corrected chi connectivity index (χ3v) is 3.81. The molecule has 88 valence electrons. The molecule has 1 aromatic heterocycles. The molecule has 1 atom stereocenters. The smallest absolute Gasteiger partial charge is 0.134 e. The highest BCUT2D eigenvalue weighted by atomic mass is 16.3. The van der Waals surface area contributed by atoms with Gasteiger partial charge in [-0.15, -0.1) is 0 Å². The van der Waals surface area contributed by atoms with Crippen LogP contribution in [0.3, 0.4) is 0 Å². The zero-order valence-electron chi connectivity index (χ0n) is 10.2. The van der Waals surface area contributed by atoms with Gasteiger partial charge in [-0.1, -0.05) is 18.6 Å². The van der Waals surface area contributed by atoms with Gasteiger partial charge in [0.25, 0.3) is 0 Å². The lowest BCUT2D eigenvalue weighted by molar-refractivity contribution is -0.117. The highest BCUT2D eigenvalue weighted by Gasteiger charge is 2.38. The van der Waals surface area contributed by atoms with Gasteiger partial charge in [0.2, 0.25) is 0 Å². The molecule has 0 saturated heterocycles. The van der Waals surface area contributed by atoms with E-state index >= 15 is 0 Å². The van der Waals surface area contributed by atoms with Gasteiger partial charge in [-0.25, -0.2) is 0 Å². The number of hydrogen-bond donors (Lipinski definition) is 0. The van der Waals surface area contributed by atoms with Crippen LogP contribution in [-0.2, 0) is 10.2 Å². The zero-order valence-corrected chi connectivity index (χ0v) is 10.2. The molecule has 1 heterocycles. The van der Waals surface area contributed by atoms with Crippen LogP contribution in [0.1, 0.15) is 37.5 Å². The average molecular weight is 228 g/mol. The SMILES string of the molecule is Cc1ccc2oc(C3(C)CCC(=O)C3)cc2c1. The number of carbonyl (C=O) groups excluding carboxylic acids is 1. The fraction of sp³-hybridized carbons (Fsp3) is 0.400. The van der Waals surface area contributed by atoms with Gasteiger partial charge in [0.15, 0.2) is 0 Å². The fourth-order valence-electron chi connectivity index (χ4n) is 2.70. The molecule has 2 nitrogen and oxygen atoms in total. The van der Waals surface area contributed by atoms with Gasteiger partial charge in [-0.05, 0) is 31.5 Å². The maximum absolute atomic E-state index is 11.5. The number of furan rings is 1. The van der Waals surface area contributed by atoms with Crippen LogP contribution in [0, 0.1) is 6.92 Å². The lowest BCUT2D eigenvalue weighted by Gasteiger charge is -2.18. The van der Waals surface area contributed by atoms with Crippen molar-refractivity contribution in [2.75, 3.05) is 0 Å². The molecule has 1 unspecified atom stereocenters. The van der Waals surface area contributed by atoms with Gasteiger partial charge in [-0.3, -0.25) is 4.79 Å². The van der Waals surface area contributed by atoms with E-state index in [-0.39, 0.29) is 5.41 Å². The molecular weight excluding hydrogens is 212 g/mol. The number of rotatable bonds is 1. The molecule has 2 aromatic rings. The van der Waals surface area contributed by atoms with Crippen molar-refractivity contribution in [1.29, 1.82) is 0 Å². The average Bonchev–Trinajstić information content (AvgIpc) is 2.83. The molecule has 1 saturated carbocycles. The zero-order chi connectivity index (χ0) is 12.0. The van der Waals surface area contributed by atoms with Gasteiger partial charge in [0.1, 0.15) is 17.1 Å². The van der Waals surface area contributed by atoms with Gasteiger partial charge in [0, 0.05) is 23.6 Å². The summed E-state index contributed by atoms with van der Waals surface area (Å²) >= 11 is 0. The second-order valence-electron chi connectivity index (χ2n) is 5.43. The number of fused-ring (bicyclic) bond motifs is 1. The van der Waals surface area contributed by atoms with Crippen LogP contribution >= 0.6 is 0 Å². The van der Waals surface area contributed by atoms with E-state index in [4.69, 9.17) is 4.42 Å². The largest absolute Gasteiger partial charge is 0.460 e. The molecular formula is C15H16O2. The molecule has 1 aliphatic carbocycles. The first-order valence-electron chi connectivity index (χ1n) is 6.09. The van der Waals surface area contributed by atoms with Gasteiger partial charge in [-0.2, -0.15) is 0 Å². The summed E-state index contributed by atoms with van der Waals surface area (Å²) < 4.78 is 5.91. The summed E-state index contributed by atoms with van der Waals surface area (Å²) in [4.78, 5) is 11.5. The summed E-state index contributed by atoms with van der Waals surface area (Å²) in [6, 6.07) is 8.29. The van der Waals surface area contributed by atoms with Crippen LogP contribution in [-0.4, -0.2) is 5.78 Å². The Labute approximate surface area is 101 Å². The Balaban J connectivity index is 2.09. The summed E-state index contributed by atoms with van der Waals surface area (Å²) in [6.45, 7) is 4.20. The second kappa shape index (κ2) is 3.46. The van der Waals surface area contributed by atoms with Gasteiger partial charge >= 0.3 is 0 Å². The first-order valence-corrected chi connectivity index (χ1v) is 6.09. The minimum atomic E-state index is -0.0932. The minimum absolute atomic E-state index is 0.0932. The van der Waals surface area contributed by atoms with Crippen molar-refractivity contribution in [2.45, 2.75) is 38.5 Å².